The van der Waals surface area contributed by atoms with Crippen molar-refractivity contribution in [3.05, 3.63) is 52.5 Å². The molecule has 0 unspecified atom stereocenters. The van der Waals surface area contributed by atoms with Crippen LogP contribution in [0.2, 0.25) is 0 Å². The highest BCUT2D eigenvalue weighted by Crippen LogP contribution is 2.17. The Kier molecular flexibility index (Phi) is 3.12. The van der Waals surface area contributed by atoms with Gasteiger partial charge in [0.15, 0.2) is 16.3 Å². The van der Waals surface area contributed by atoms with Crippen LogP contribution in [-0.4, -0.2) is 36.6 Å². The van der Waals surface area contributed by atoms with Crippen LogP contribution >= 0.6 is 11.3 Å². The Morgan fingerprint density at radius 1 is 1.17 bits per heavy atom. The molecule has 9 heteroatoms. The van der Waals surface area contributed by atoms with E-state index in [0.29, 0.717) is 10.8 Å². The topological polar surface area (TPSA) is 87.7 Å². The molecule has 0 radical (unpaired) electrons. The van der Waals surface area contributed by atoms with Gasteiger partial charge in [0.1, 0.15) is 12.1 Å². The van der Waals surface area contributed by atoms with Gasteiger partial charge < -0.3 is 4.74 Å². The maximum atomic E-state index is 12.5. The zero-order valence-electron chi connectivity index (χ0n) is 11.9. The average Bonchev–Trinajstić information content (AvgIpc) is 3.25. The second-order valence-electron chi connectivity index (χ2n) is 4.61. The first-order chi connectivity index (χ1) is 11.3. The van der Waals surface area contributed by atoms with Crippen molar-refractivity contribution in [2.24, 2.45) is 0 Å². The lowest BCUT2D eigenvalue weighted by Gasteiger charge is -2.04. The summed E-state index contributed by atoms with van der Waals surface area (Å²) in [6.07, 6.45) is 3.07. The van der Waals surface area contributed by atoms with Gasteiger partial charge in [0.2, 0.25) is 0 Å². The van der Waals surface area contributed by atoms with Crippen LogP contribution in [0.25, 0.3) is 22.0 Å². The fraction of sp³-hybridized carbons (Fsp3) is 0.0714. The van der Waals surface area contributed by atoms with Gasteiger partial charge in [-0.05, 0) is 24.3 Å². The molecule has 23 heavy (non-hydrogen) atoms. The third kappa shape index (κ3) is 2.18. The van der Waals surface area contributed by atoms with E-state index in [1.165, 1.54) is 26.9 Å². The fourth-order valence-electron chi connectivity index (χ4n) is 2.18. The van der Waals surface area contributed by atoms with Crippen molar-refractivity contribution in [2.45, 2.75) is 0 Å². The third-order valence-corrected chi connectivity index (χ3v) is 4.08. The van der Waals surface area contributed by atoms with E-state index in [4.69, 9.17) is 4.74 Å². The second-order valence-corrected chi connectivity index (χ2v) is 5.48. The summed E-state index contributed by atoms with van der Waals surface area (Å²) in [5, 5.41) is 10.3. The highest BCUT2D eigenvalue weighted by molar-refractivity contribution is 7.12. The number of aromatic nitrogens is 6. The number of hydrogen-bond acceptors (Lipinski definition) is 7. The molecule has 0 fully saturated rings. The van der Waals surface area contributed by atoms with E-state index in [2.05, 4.69) is 20.3 Å². The summed E-state index contributed by atoms with van der Waals surface area (Å²) in [6.45, 7) is 0. The van der Waals surface area contributed by atoms with Gasteiger partial charge in [0.05, 0.1) is 12.8 Å². The summed E-state index contributed by atoms with van der Waals surface area (Å²) in [5.41, 5.74) is 1.03. The molecular weight excluding hydrogens is 316 g/mol. The molecule has 4 rings (SSSR count). The summed E-state index contributed by atoms with van der Waals surface area (Å²) in [5.74, 6) is 0.734. The smallest absolute Gasteiger partial charge is 0.289 e. The molecule has 0 atom stereocenters. The average molecular weight is 326 g/mol. The van der Waals surface area contributed by atoms with E-state index < -0.39 is 0 Å². The van der Waals surface area contributed by atoms with Crippen molar-refractivity contribution in [2.75, 3.05) is 7.11 Å². The zero-order valence-corrected chi connectivity index (χ0v) is 12.8. The van der Waals surface area contributed by atoms with Gasteiger partial charge in [-0.3, -0.25) is 4.79 Å². The number of benzene rings is 1. The minimum Gasteiger partial charge on any atom is -0.497 e. The predicted octanol–water partition coefficient (Wildman–Crippen LogP) is 1.43. The lowest BCUT2D eigenvalue weighted by atomic mass is 10.3. The molecule has 0 amide bonds. The number of nitrogens with zero attached hydrogens (tertiary/aromatic N) is 6. The SMILES string of the molecule is COc1ccc(-n2nnc3c(=O)n(-c4nccs4)cnc32)cc1. The first-order valence-electron chi connectivity index (χ1n) is 6.65. The first kappa shape index (κ1) is 13.6. The third-order valence-electron chi connectivity index (χ3n) is 3.31. The molecule has 0 spiro atoms. The van der Waals surface area contributed by atoms with E-state index in [1.54, 1.807) is 30.8 Å². The van der Waals surface area contributed by atoms with Crippen molar-refractivity contribution < 1.29 is 4.74 Å². The van der Waals surface area contributed by atoms with E-state index >= 15 is 0 Å². The van der Waals surface area contributed by atoms with Crippen molar-refractivity contribution in [1.29, 1.82) is 0 Å². The van der Waals surface area contributed by atoms with E-state index in [9.17, 15) is 4.79 Å². The summed E-state index contributed by atoms with van der Waals surface area (Å²) >= 11 is 1.35. The van der Waals surface area contributed by atoms with Crippen LogP contribution in [0.15, 0.2) is 47.0 Å². The Balaban J connectivity index is 1.87. The maximum Gasteiger partial charge on any atom is 0.289 e. The molecule has 8 nitrogen and oxygen atoms in total. The first-order valence-corrected chi connectivity index (χ1v) is 7.53. The number of methoxy groups -OCH3 is 1. The standard InChI is InChI=1S/C14H10N6O2S/c1-22-10-4-2-9(3-5-10)20-12-11(17-18-20)13(21)19(8-16-12)14-15-6-7-23-14/h2-8H,1H3. The predicted molar refractivity (Wildman–Crippen MR) is 84.5 cm³/mol. The van der Waals surface area contributed by atoms with Crippen molar-refractivity contribution in [3.63, 3.8) is 0 Å². The van der Waals surface area contributed by atoms with Gasteiger partial charge >= 0.3 is 0 Å². The zero-order chi connectivity index (χ0) is 15.8. The highest BCUT2D eigenvalue weighted by atomic mass is 32.1. The summed E-state index contributed by atoms with van der Waals surface area (Å²) in [6, 6.07) is 7.25. The molecule has 3 aromatic heterocycles. The van der Waals surface area contributed by atoms with Gasteiger partial charge in [-0.25, -0.2) is 14.5 Å². The quantitative estimate of drug-likeness (QED) is 0.566. The van der Waals surface area contributed by atoms with Crippen molar-refractivity contribution in [1.82, 2.24) is 29.5 Å². The largest absolute Gasteiger partial charge is 0.497 e. The van der Waals surface area contributed by atoms with Crippen LogP contribution in [-0.2, 0) is 0 Å². The van der Waals surface area contributed by atoms with Crippen LogP contribution in [0.1, 0.15) is 0 Å². The van der Waals surface area contributed by atoms with Crippen molar-refractivity contribution in [3.8, 4) is 16.6 Å². The minimum absolute atomic E-state index is 0.193. The summed E-state index contributed by atoms with van der Waals surface area (Å²) in [7, 11) is 1.60. The van der Waals surface area contributed by atoms with Crippen LogP contribution in [0.5, 0.6) is 5.75 Å². The normalized spacial score (nSPS) is 11.0. The molecule has 1 aromatic carbocycles. The van der Waals surface area contributed by atoms with Crippen molar-refractivity contribution >= 4 is 22.5 Å². The lowest BCUT2D eigenvalue weighted by molar-refractivity contribution is 0.414. The minimum atomic E-state index is -0.301. The van der Waals surface area contributed by atoms with Crippen LogP contribution in [0, 0.1) is 0 Å². The molecule has 4 aromatic rings. The summed E-state index contributed by atoms with van der Waals surface area (Å²) in [4.78, 5) is 20.9. The lowest BCUT2D eigenvalue weighted by Crippen LogP contribution is -2.19. The molecule has 0 N–H and O–H groups in total. The van der Waals surface area contributed by atoms with E-state index in [1.807, 2.05) is 12.1 Å². The highest BCUT2D eigenvalue weighted by Gasteiger charge is 2.14. The van der Waals surface area contributed by atoms with E-state index in [0.717, 1.165) is 11.4 Å². The molecule has 0 aliphatic carbocycles. The van der Waals surface area contributed by atoms with Gasteiger partial charge in [0.25, 0.3) is 5.56 Å². The van der Waals surface area contributed by atoms with Crippen LogP contribution < -0.4 is 10.3 Å². The Morgan fingerprint density at radius 2 is 2.00 bits per heavy atom. The Hall–Kier alpha value is -3.07. The Morgan fingerprint density at radius 3 is 2.70 bits per heavy atom. The fourth-order valence-corrected chi connectivity index (χ4v) is 2.79. The van der Waals surface area contributed by atoms with Crippen LogP contribution in [0.4, 0.5) is 0 Å². The number of rotatable bonds is 3. The second kappa shape index (κ2) is 5.29. The number of thiazole rings is 1. The van der Waals surface area contributed by atoms with Gasteiger partial charge in [-0.1, -0.05) is 5.21 Å². The molecular formula is C14H10N6O2S. The number of fused-ring (bicyclic) bond motifs is 1. The molecule has 0 aliphatic rings. The van der Waals surface area contributed by atoms with E-state index in [-0.39, 0.29) is 11.1 Å². The molecule has 0 bridgehead atoms. The van der Waals surface area contributed by atoms with Crippen LogP contribution in [0.3, 0.4) is 0 Å². The Labute approximate surface area is 133 Å². The van der Waals surface area contributed by atoms with Gasteiger partial charge in [0, 0.05) is 11.6 Å². The molecule has 0 saturated carbocycles. The Bertz CT molecular complexity index is 1020. The van der Waals surface area contributed by atoms with Gasteiger partial charge in [-0.2, -0.15) is 4.68 Å². The molecule has 114 valence electrons. The number of hydrogen-bond donors (Lipinski definition) is 0. The number of ether oxygens (including phenoxy) is 1. The molecule has 3 heterocycles. The monoisotopic (exact) mass is 326 g/mol. The molecule has 0 aliphatic heterocycles. The molecule has 0 saturated heterocycles. The summed E-state index contributed by atoms with van der Waals surface area (Å²) < 4.78 is 8.01. The maximum absolute atomic E-state index is 12.5. The van der Waals surface area contributed by atoms with Gasteiger partial charge in [-0.15, -0.1) is 16.4 Å².